The summed E-state index contributed by atoms with van der Waals surface area (Å²) in [5, 5.41) is 0. The van der Waals surface area contributed by atoms with Gasteiger partial charge in [0.2, 0.25) is 5.91 Å². The molecule has 4 heteroatoms. The minimum atomic E-state index is -0.0490. The summed E-state index contributed by atoms with van der Waals surface area (Å²) in [7, 11) is 3.41. The molecule has 2 aromatic carbocycles. The molecule has 0 radical (unpaired) electrons. The summed E-state index contributed by atoms with van der Waals surface area (Å²) in [4.78, 5) is 14.0. The zero-order chi connectivity index (χ0) is 19.1. The fourth-order valence-corrected chi connectivity index (χ4v) is 2.48. The van der Waals surface area contributed by atoms with E-state index in [1.165, 1.54) is 5.56 Å². The molecule has 26 heavy (non-hydrogen) atoms. The number of hydrogen-bond acceptors (Lipinski definition) is 3. The van der Waals surface area contributed by atoms with Crippen molar-refractivity contribution in [2.45, 2.75) is 33.4 Å². The van der Waals surface area contributed by atoms with E-state index in [1.807, 2.05) is 51.1 Å². The molecular weight excluding hydrogens is 326 g/mol. The Morgan fingerprint density at radius 2 is 1.81 bits per heavy atom. The second kappa shape index (κ2) is 9.09. The van der Waals surface area contributed by atoms with E-state index in [-0.39, 0.29) is 12.0 Å². The molecule has 0 aromatic heterocycles. The summed E-state index contributed by atoms with van der Waals surface area (Å²) < 4.78 is 11.1. The van der Waals surface area contributed by atoms with Crippen LogP contribution in [0.4, 0.5) is 0 Å². The van der Waals surface area contributed by atoms with E-state index in [4.69, 9.17) is 9.47 Å². The Hall–Kier alpha value is -2.75. The molecule has 2 aromatic rings. The zero-order valence-corrected chi connectivity index (χ0v) is 16.2. The normalized spacial score (nSPS) is 11.0. The Labute approximate surface area is 156 Å². The first-order valence-electron chi connectivity index (χ1n) is 8.72. The van der Waals surface area contributed by atoms with Crippen molar-refractivity contribution in [3.8, 4) is 11.5 Å². The molecule has 0 saturated carbocycles. The fourth-order valence-electron chi connectivity index (χ4n) is 2.48. The van der Waals surface area contributed by atoms with Crippen LogP contribution in [0.1, 0.15) is 30.5 Å². The summed E-state index contributed by atoms with van der Waals surface area (Å²) in [6, 6.07) is 13.8. The number of carbonyl (C=O) groups excluding carboxylic acids is 1. The van der Waals surface area contributed by atoms with Crippen molar-refractivity contribution >= 4 is 12.0 Å². The molecule has 4 nitrogen and oxygen atoms in total. The lowest BCUT2D eigenvalue weighted by molar-refractivity contribution is -0.125. The van der Waals surface area contributed by atoms with Crippen molar-refractivity contribution in [1.29, 1.82) is 0 Å². The minimum Gasteiger partial charge on any atom is -0.493 e. The zero-order valence-electron chi connectivity index (χ0n) is 16.2. The number of carbonyl (C=O) groups is 1. The lowest BCUT2D eigenvalue weighted by Crippen LogP contribution is -2.24. The monoisotopic (exact) mass is 353 g/mol. The van der Waals surface area contributed by atoms with Gasteiger partial charge in [0.1, 0.15) is 0 Å². The van der Waals surface area contributed by atoms with Gasteiger partial charge in [-0.05, 0) is 50.1 Å². The molecular formula is C22H27NO3. The van der Waals surface area contributed by atoms with Crippen LogP contribution in [0.2, 0.25) is 0 Å². The van der Waals surface area contributed by atoms with Gasteiger partial charge in [0.25, 0.3) is 0 Å². The molecule has 0 heterocycles. The molecule has 0 N–H and O–H groups in total. The lowest BCUT2D eigenvalue weighted by atomic mass is 10.1. The number of likely N-dealkylation sites (N-methyl/N-ethyl adjacent to an activating group) is 1. The highest BCUT2D eigenvalue weighted by atomic mass is 16.5. The van der Waals surface area contributed by atoms with Crippen molar-refractivity contribution in [3.05, 3.63) is 65.2 Å². The first kappa shape index (κ1) is 19.6. The summed E-state index contributed by atoms with van der Waals surface area (Å²) in [6.07, 6.45) is 3.43. The van der Waals surface area contributed by atoms with Crippen LogP contribution >= 0.6 is 0 Å². The Morgan fingerprint density at radius 3 is 2.42 bits per heavy atom. The smallest absolute Gasteiger partial charge is 0.246 e. The molecule has 0 fully saturated rings. The predicted molar refractivity (Wildman–Crippen MR) is 105 cm³/mol. The maximum Gasteiger partial charge on any atom is 0.246 e. The average Bonchev–Trinajstić information content (AvgIpc) is 2.62. The van der Waals surface area contributed by atoms with Crippen molar-refractivity contribution in [3.63, 3.8) is 0 Å². The van der Waals surface area contributed by atoms with Gasteiger partial charge >= 0.3 is 0 Å². The molecule has 0 atom stereocenters. The highest BCUT2D eigenvalue weighted by Crippen LogP contribution is 2.29. The van der Waals surface area contributed by atoms with Crippen LogP contribution in [-0.4, -0.2) is 31.1 Å². The van der Waals surface area contributed by atoms with Crippen LogP contribution in [0.5, 0.6) is 11.5 Å². The SMILES string of the molecule is COc1cc(/C=C/C(=O)N(C)Cc2ccc(C)cc2)ccc1OC(C)C. The van der Waals surface area contributed by atoms with Gasteiger partial charge in [-0.1, -0.05) is 35.9 Å². The largest absolute Gasteiger partial charge is 0.493 e. The molecule has 0 saturated heterocycles. The van der Waals surface area contributed by atoms with Crippen molar-refractivity contribution in [2.24, 2.45) is 0 Å². The van der Waals surface area contributed by atoms with Gasteiger partial charge in [-0.3, -0.25) is 4.79 Å². The van der Waals surface area contributed by atoms with E-state index in [0.29, 0.717) is 18.0 Å². The van der Waals surface area contributed by atoms with Crippen LogP contribution in [-0.2, 0) is 11.3 Å². The molecule has 2 rings (SSSR count). The topological polar surface area (TPSA) is 38.8 Å². The third kappa shape index (κ3) is 5.66. The molecule has 138 valence electrons. The van der Waals surface area contributed by atoms with Crippen molar-refractivity contribution < 1.29 is 14.3 Å². The standard InChI is InChI=1S/C22H27NO3/c1-16(2)26-20-12-10-18(14-21(20)25-5)11-13-22(24)23(4)15-19-8-6-17(3)7-9-19/h6-14,16H,15H2,1-5H3/b13-11+. The Morgan fingerprint density at radius 1 is 1.12 bits per heavy atom. The number of benzene rings is 2. The van der Waals surface area contributed by atoms with E-state index < -0.39 is 0 Å². The maximum absolute atomic E-state index is 12.3. The van der Waals surface area contributed by atoms with Gasteiger partial charge < -0.3 is 14.4 Å². The summed E-state index contributed by atoms with van der Waals surface area (Å²) in [6.45, 7) is 6.56. The Bertz CT molecular complexity index is 763. The van der Waals surface area contributed by atoms with Gasteiger partial charge in [-0.2, -0.15) is 0 Å². The molecule has 0 aliphatic carbocycles. The minimum absolute atomic E-state index is 0.0490. The average molecular weight is 353 g/mol. The third-order valence-corrected chi connectivity index (χ3v) is 3.89. The number of aryl methyl sites for hydroxylation is 1. The first-order valence-corrected chi connectivity index (χ1v) is 8.72. The fraction of sp³-hybridized carbons (Fsp3) is 0.318. The van der Waals surface area contributed by atoms with Gasteiger partial charge in [-0.25, -0.2) is 0 Å². The van der Waals surface area contributed by atoms with Gasteiger partial charge in [0, 0.05) is 19.7 Å². The highest BCUT2D eigenvalue weighted by molar-refractivity contribution is 5.91. The molecule has 0 unspecified atom stereocenters. The Balaban J connectivity index is 2.03. The van der Waals surface area contributed by atoms with Crippen LogP contribution in [0.25, 0.3) is 6.08 Å². The second-order valence-electron chi connectivity index (χ2n) is 6.59. The van der Waals surface area contributed by atoms with Crippen molar-refractivity contribution in [1.82, 2.24) is 4.90 Å². The van der Waals surface area contributed by atoms with Gasteiger partial charge in [0.15, 0.2) is 11.5 Å². The molecule has 0 aliphatic rings. The maximum atomic E-state index is 12.3. The number of amides is 1. The van der Waals surface area contributed by atoms with Crippen LogP contribution in [0, 0.1) is 6.92 Å². The third-order valence-electron chi connectivity index (χ3n) is 3.89. The van der Waals surface area contributed by atoms with Crippen LogP contribution in [0.3, 0.4) is 0 Å². The number of hydrogen-bond donors (Lipinski definition) is 0. The molecule has 0 bridgehead atoms. The second-order valence-corrected chi connectivity index (χ2v) is 6.59. The highest BCUT2D eigenvalue weighted by Gasteiger charge is 2.08. The molecule has 0 aliphatic heterocycles. The number of nitrogens with zero attached hydrogens (tertiary/aromatic N) is 1. The van der Waals surface area contributed by atoms with Crippen molar-refractivity contribution in [2.75, 3.05) is 14.2 Å². The van der Waals surface area contributed by atoms with E-state index in [1.54, 1.807) is 31.2 Å². The first-order chi connectivity index (χ1) is 12.4. The number of methoxy groups -OCH3 is 1. The van der Waals surface area contributed by atoms with Crippen LogP contribution in [0.15, 0.2) is 48.5 Å². The summed E-state index contributed by atoms with van der Waals surface area (Å²) >= 11 is 0. The Kier molecular flexibility index (Phi) is 6.84. The quantitative estimate of drug-likeness (QED) is 0.690. The predicted octanol–water partition coefficient (Wildman–Crippen LogP) is 4.46. The summed E-state index contributed by atoms with van der Waals surface area (Å²) in [5.41, 5.74) is 3.20. The number of rotatable bonds is 7. The molecule has 1 amide bonds. The van der Waals surface area contributed by atoms with E-state index in [2.05, 4.69) is 12.1 Å². The van der Waals surface area contributed by atoms with Gasteiger partial charge in [0.05, 0.1) is 13.2 Å². The lowest BCUT2D eigenvalue weighted by Gasteiger charge is -2.15. The van der Waals surface area contributed by atoms with E-state index >= 15 is 0 Å². The van der Waals surface area contributed by atoms with Crippen LogP contribution < -0.4 is 9.47 Å². The van der Waals surface area contributed by atoms with Gasteiger partial charge in [-0.15, -0.1) is 0 Å². The molecule has 0 spiro atoms. The number of ether oxygens (including phenoxy) is 2. The summed E-state index contributed by atoms with van der Waals surface area (Å²) in [5.74, 6) is 1.30. The van der Waals surface area contributed by atoms with E-state index in [9.17, 15) is 4.79 Å². The van der Waals surface area contributed by atoms with E-state index in [0.717, 1.165) is 11.1 Å².